The molecule has 0 aromatic carbocycles. The van der Waals surface area contributed by atoms with Crippen LogP contribution in [0.25, 0.3) is 0 Å². The van der Waals surface area contributed by atoms with E-state index in [1.807, 2.05) is 0 Å². The summed E-state index contributed by atoms with van der Waals surface area (Å²) in [5.74, 6) is 0.0931. The lowest BCUT2D eigenvalue weighted by Gasteiger charge is -2.27. The number of nitrogens with two attached hydrogens (primary N) is 1. The van der Waals surface area contributed by atoms with Gasteiger partial charge in [-0.25, -0.2) is 0 Å². The van der Waals surface area contributed by atoms with Gasteiger partial charge in [0.2, 0.25) is 5.91 Å². The molecule has 0 spiro atoms. The third-order valence-electron chi connectivity index (χ3n) is 4.01. The van der Waals surface area contributed by atoms with Crippen molar-refractivity contribution in [2.75, 3.05) is 13.1 Å². The molecule has 0 aliphatic heterocycles. The fourth-order valence-electron chi connectivity index (χ4n) is 2.87. The molecule has 0 aromatic rings. The number of rotatable bonds is 5. The van der Waals surface area contributed by atoms with Crippen molar-refractivity contribution in [3.05, 3.63) is 0 Å². The lowest BCUT2D eigenvalue weighted by atomic mass is 9.83. The zero-order valence-electron chi connectivity index (χ0n) is 12.5. The average Bonchev–Trinajstić information content (AvgIpc) is 2.69. The maximum Gasteiger partial charge on any atom is 0.224 e. The first-order valence-corrected chi connectivity index (χ1v) is 7.24. The van der Waals surface area contributed by atoms with Gasteiger partial charge in [0, 0.05) is 13.1 Å². The summed E-state index contributed by atoms with van der Waals surface area (Å²) in [5, 5.41) is 3.12. The summed E-state index contributed by atoms with van der Waals surface area (Å²) in [6.07, 6.45) is 5.93. The number of nitrogens with one attached hydrogen (secondary N) is 1. The molecule has 1 aliphatic rings. The molecule has 1 saturated carbocycles. The minimum absolute atomic E-state index is 0.0463. The highest BCUT2D eigenvalue weighted by Crippen LogP contribution is 2.36. The van der Waals surface area contributed by atoms with E-state index in [9.17, 15) is 4.79 Å². The van der Waals surface area contributed by atoms with Gasteiger partial charge in [-0.2, -0.15) is 0 Å². The van der Waals surface area contributed by atoms with E-state index in [0.29, 0.717) is 12.0 Å². The average molecular weight is 254 g/mol. The number of hydrogen-bond donors (Lipinski definition) is 2. The Balaban J connectivity index is 2.42. The molecule has 1 aliphatic carbocycles. The molecule has 3 heteroatoms. The first kappa shape index (κ1) is 15.5. The van der Waals surface area contributed by atoms with Crippen LogP contribution in [0.2, 0.25) is 0 Å². The Kier molecular flexibility index (Phi) is 5.20. The number of amides is 1. The summed E-state index contributed by atoms with van der Waals surface area (Å²) in [4.78, 5) is 12.2. The fourth-order valence-corrected chi connectivity index (χ4v) is 2.87. The van der Waals surface area contributed by atoms with E-state index in [-0.39, 0.29) is 17.2 Å². The van der Waals surface area contributed by atoms with Gasteiger partial charge in [-0.1, -0.05) is 40.5 Å². The van der Waals surface area contributed by atoms with E-state index < -0.39 is 0 Å². The molecule has 3 nitrogen and oxygen atoms in total. The Bertz CT molecular complexity index is 275. The first-order valence-electron chi connectivity index (χ1n) is 7.24. The summed E-state index contributed by atoms with van der Waals surface area (Å²) >= 11 is 0. The normalized spacial score (nSPS) is 20.7. The van der Waals surface area contributed by atoms with Crippen LogP contribution in [-0.4, -0.2) is 19.0 Å². The van der Waals surface area contributed by atoms with Gasteiger partial charge in [-0.3, -0.25) is 4.79 Å². The molecule has 1 amide bonds. The smallest absolute Gasteiger partial charge is 0.224 e. The first-order chi connectivity index (χ1) is 8.26. The van der Waals surface area contributed by atoms with Crippen LogP contribution >= 0.6 is 0 Å². The second-order valence-electron chi connectivity index (χ2n) is 7.43. The van der Waals surface area contributed by atoms with Crippen LogP contribution in [0.5, 0.6) is 0 Å². The molecule has 106 valence electrons. The van der Waals surface area contributed by atoms with Crippen molar-refractivity contribution in [3.63, 3.8) is 0 Å². The van der Waals surface area contributed by atoms with Crippen LogP contribution in [0, 0.1) is 16.7 Å². The van der Waals surface area contributed by atoms with Crippen molar-refractivity contribution in [3.8, 4) is 0 Å². The van der Waals surface area contributed by atoms with E-state index in [4.69, 9.17) is 5.73 Å². The van der Waals surface area contributed by atoms with Gasteiger partial charge >= 0.3 is 0 Å². The molecule has 1 atom stereocenters. The quantitative estimate of drug-likeness (QED) is 0.792. The van der Waals surface area contributed by atoms with Crippen LogP contribution in [0.1, 0.15) is 59.8 Å². The predicted octanol–water partition coefficient (Wildman–Crippen LogP) is 2.69. The van der Waals surface area contributed by atoms with E-state index in [1.54, 1.807) is 0 Å². The number of carbonyl (C=O) groups is 1. The van der Waals surface area contributed by atoms with Crippen molar-refractivity contribution in [1.29, 1.82) is 0 Å². The Morgan fingerprint density at radius 1 is 1.33 bits per heavy atom. The molecule has 0 bridgehead atoms. The minimum atomic E-state index is -0.0463. The van der Waals surface area contributed by atoms with E-state index in [0.717, 1.165) is 13.0 Å². The van der Waals surface area contributed by atoms with Crippen molar-refractivity contribution in [1.82, 2.24) is 5.32 Å². The summed E-state index contributed by atoms with van der Waals surface area (Å²) in [6, 6.07) is 0. The Morgan fingerprint density at radius 3 is 2.33 bits per heavy atom. The summed E-state index contributed by atoms with van der Waals surface area (Å²) in [6.45, 7) is 10.00. The van der Waals surface area contributed by atoms with Crippen LogP contribution in [0.4, 0.5) is 0 Å². The van der Waals surface area contributed by atoms with Crippen LogP contribution in [-0.2, 0) is 4.79 Å². The summed E-state index contributed by atoms with van der Waals surface area (Å²) in [7, 11) is 0. The van der Waals surface area contributed by atoms with Gasteiger partial charge in [-0.05, 0) is 30.1 Å². The second-order valence-corrected chi connectivity index (χ2v) is 7.43. The third kappa shape index (κ3) is 4.97. The van der Waals surface area contributed by atoms with Gasteiger partial charge in [0.25, 0.3) is 0 Å². The molecule has 18 heavy (non-hydrogen) atoms. The summed E-state index contributed by atoms with van der Waals surface area (Å²) < 4.78 is 0. The third-order valence-corrected chi connectivity index (χ3v) is 4.01. The molecule has 1 rings (SSSR count). The van der Waals surface area contributed by atoms with Gasteiger partial charge < -0.3 is 11.1 Å². The Labute approximate surface area is 112 Å². The molecule has 3 N–H and O–H groups in total. The fraction of sp³-hybridized carbons (Fsp3) is 0.933. The molecule has 0 saturated heterocycles. The Hall–Kier alpha value is -0.570. The van der Waals surface area contributed by atoms with Gasteiger partial charge in [0.15, 0.2) is 0 Å². The predicted molar refractivity (Wildman–Crippen MR) is 76.2 cm³/mol. The maximum atomic E-state index is 12.2. The standard InChI is InChI=1S/C15H30N2O/c1-14(2,3)9-12(10-16)13(18)17-11-15(4)7-5-6-8-15/h12H,5-11,16H2,1-4H3,(H,17,18). The molecule has 0 aromatic heterocycles. The molecule has 0 radical (unpaired) electrons. The van der Waals surface area contributed by atoms with E-state index in [1.165, 1.54) is 25.7 Å². The minimum Gasteiger partial charge on any atom is -0.355 e. The SMILES string of the molecule is CC(C)(C)CC(CN)C(=O)NCC1(C)CCCC1. The molecular formula is C15H30N2O. The maximum absolute atomic E-state index is 12.2. The zero-order valence-corrected chi connectivity index (χ0v) is 12.5. The second kappa shape index (κ2) is 6.05. The van der Waals surface area contributed by atoms with Crippen molar-refractivity contribution in [2.45, 2.75) is 59.8 Å². The lowest BCUT2D eigenvalue weighted by molar-refractivity contribution is -0.126. The van der Waals surface area contributed by atoms with Crippen LogP contribution in [0.3, 0.4) is 0 Å². The van der Waals surface area contributed by atoms with Gasteiger partial charge in [0.1, 0.15) is 0 Å². The van der Waals surface area contributed by atoms with Crippen molar-refractivity contribution in [2.24, 2.45) is 22.5 Å². The number of hydrogen-bond acceptors (Lipinski definition) is 2. The molecule has 1 unspecified atom stereocenters. The van der Waals surface area contributed by atoms with Crippen LogP contribution in [0.15, 0.2) is 0 Å². The highest BCUT2D eigenvalue weighted by Gasteiger charge is 2.30. The lowest BCUT2D eigenvalue weighted by Crippen LogP contribution is -2.41. The van der Waals surface area contributed by atoms with Gasteiger partial charge in [-0.15, -0.1) is 0 Å². The van der Waals surface area contributed by atoms with E-state index >= 15 is 0 Å². The van der Waals surface area contributed by atoms with E-state index in [2.05, 4.69) is 33.0 Å². The molecular weight excluding hydrogens is 224 g/mol. The van der Waals surface area contributed by atoms with Gasteiger partial charge in [0.05, 0.1) is 5.92 Å². The highest BCUT2D eigenvalue weighted by atomic mass is 16.1. The topological polar surface area (TPSA) is 55.1 Å². The van der Waals surface area contributed by atoms with Crippen molar-refractivity contribution >= 4 is 5.91 Å². The number of carbonyl (C=O) groups excluding carboxylic acids is 1. The van der Waals surface area contributed by atoms with Crippen LogP contribution < -0.4 is 11.1 Å². The van der Waals surface area contributed by atoms with Crippen molar-refractivity contribution < 1.29 is 4.79 Å². The highest BCUT2D eigenvalue weighted by molar-refractivity contribution is 5.78. The molecule has 1 fully saturated rings. The monoisotopic (exact) mass is 254 g/mol. The zero-order chi connectivity index (χ0) is 13.8. The summed E-state index contributed by atoms with van der Waals surface area (Å²) in [5.41, 5.74) is 6.20. The Morgan fingerprint density at radius 2 is 1.89 bits per heavy atom. The largest absolute Gasteiger partial charge is 0.355 e. The molecule has 0 heterocycles.